The minimum atomic E-state index is -0.496. The van der Waals surface area contributed by atoms with Gasteiger partial charge in [-0.25, -0.2) is 0 Å². The van der Waals surface area contributed by atoms with Crippen molar-refractivity contribution in [2.45, 2.75) is 57.1 Å². The maximum Gasteiger partial charge on any atom is 0.222 e. The van der Waals surface area contributed by atoms with E-state index in [2.05, 4.69) is 5.10 Å². The second-order valence-corrected chi connectivity index (χ2v) is 6.51. The van der Waals surface area contributed by atoms with Gasteiger partial charge in [-0.3, -0.25) is 9.48 Å². The Balaban J connectivity index is 1.47. The van der Waals surface area contributed by atoms with E-state index in [1.807, 2.05) is 21.8 Å². The first kappa shape index (κ1) is 14.6. The van der Waals surface area contributed by atoms with E-state index in [4.69, 9.17) is 0 Å². The molecule has 2 heterocycles. The topological polar surface area (TPSA) is 58.4 Å². The van der Waals surface area contributed by atoms with Crippen molar-refractivity contribution in [2.75, 3.05) is 13.1 Å². The van der Waals surface area contributed by atoms with E-state index in [0.29, 0.717) is 13.0 Å². The Morgan fingerprint density at radius 2 is 2.29 bits per heavy atom. The molecule has 1 aromatic rings. The quantitative estimate of drug-likeness (QED) is 0.920. The van der Waals surface area contributed by atoms with Gasteiger partial charge >= 0.3 is 0 Å². The molecule has 1 amide bonds. The summed E-state index contributed by atoms with van der Waals surface area (Å²) < 4.78 is 1.86. The van der Waals surface area contributed by atoms with Crippen LogP contribution in [0.3, 0.4) is 0 Å². The molecule has 1 saturated heterocycles. The Hall–Kier alpha value is -1.36. The Labute approximate surface area is 125 Å². The lowest BCUT2D eigenvalue weighted by Crippen LogP contribution is -2.54. The average Bonchev–Trinajstić information content (AvgIpc) is 2.99. The standard InChI is InChI=1S/C16H25N3O2/c20-15(6-3-10-19-11-4-9-17-19)18-12-8-16(21)7-2-1-5-14(16)13-18/h4,9,11,14,21H,1-3,5-8,10,12-13H2/t14-,16-/m0/s1. The van der Waals surface area contributed by atoms with Gasteiger partial charge in [-0.2, -0.15) is 5.10 Å². The molecule has 3 rings (SSSR count). The second kappa shape index (κ2) is 6.18. The molecule has 0 spiro atoms. The summed E-state index contributed by atoms with van der Waals surface area (Å²) in [5.74, 6) is 0.518. The molecule has 116 valence electrons. The van der Waals surface area contributed by atoms with Crippen molar-refractivity contribution in [3.8, 4) is 0 Å². The zero-order valence-electron chi connectivity index (χ0n) is 12.6. The molecule has 2 aliphatic rings. The number of amides is 1. The van der Waals surface area contributed by atoms with Crippen molar-refractivity contribution in [1.29, 1.82) is 0 Å². The molecule has 2 fully saturated rings. The van der Waals surface area contributed by atoms with Crippen LogP contribution in [-0.4, -0.2) is 44.4 Å². The summed E-state index contributed by atoms with van der Waals surface area (Å²) in [5.41, 5.74) is -0.496. The third kappa shape index (κ3) is 3.28. The van der Waals surface area contributed by atoms with Crippen LogP contribution < -0.4 is 0 Å². The van der Waals surface area contributed by atoms with E-state index < -0.39 is 5.60 Å². The SMILES string of the molecule is O=C(CCCn1cccn1)N1CC[C@@]2(O)CCCC[C@H]2C1. The number of hydrogen-bond donors (Lipinski definition) is 1. The van der Waals surface area contributed by atoms with Crippen LogP contribution in [0.4, 0.5) is 0 Å². The van der Waals surface area contributed by atoms with E-state index in [1.54, 1.807) is 6.20 Å². The molecule has 0 bridgehead atoms. The van der Waals surface area contributed by atoms with Crippen molar-refractivity contribution < 1.29 is 9.90 Å². The number of nitrogens with zero attached hydrogens (tertiary/aromatic N) is 3. The summed E-state index contributed by atoms with van der Waals surface area (Å²) in [7, 11) is 0. The van der Waals surface area contributed by atoms with Crippen LogP contribution >= 0.6 is 0 Å². The number of carbonyl (C=O) groups excluding carboxylic acids is 1. The van der Waals surface area contributed by atoms with Gasteiger partial charge in [0.25, 0.3) is 0 Å². The third-order valence-electron chi connectivity index (χ3n) is 5.12. The molecule has 1 aliphatic heterocycles. The molecule has 1 N–H and O–H groups in total. The summed E-state index contributed by atoms with van der Waals surface area (Å²) in [6.07, 6.45) is 10.1. The molecule has 1 aromatic heterocycles. The smallest absolute Gasteiger partial charge is 0.222 e. The van der Waals surface area contributed by atoms with Crippen molar-refractivity contribution >= 4 is 5.91 Å². The Kier molecular flexibility index (Phi) is 4.29. The van der Waals surface area contributed by atoms with E-state index in [1.165, 1.54) is 6.42 Å². The van der Waals surface area contributed by atoms with Crippen molar-refractivity contribution in [3.63, 3.8) is 0 Å². The lowest BCUT2D eigenvalue weighted by molar-refractivity contribution is -0.143. The minimum absolute atomic E-state index is 0.231. The molecule has 0 unspecified atom stereocenters. The summed E-state index contributed by atoms with van der Waals surface area (Å²) in [6.45, 7) is 2.25. The number of piperidine rings is 1. The number of aryl methyl sites for hydroxylation is 1. The van der Waals surface area contributed by atoms with Crippen molar-refractivity contribution in [1.82, 2.24) is 14.7 Å². The number of hydrogen-bond acceptors (Lipinski definition) is 3. The van der Waals surface area contributed by atoms with E-state index >= 15 is 0 Å². The Bertz CT molecular complexity index is 474. The number of aliphatic hydroxyl groups is 1. The van der Waals surface area contributed by atoms with Gasteiger partial charge < -0.3 is 10.0 Å². The van der Waals surface area contributed by atoms with Gasteiger partial charge in [0.05, 0.1) is 5.60 Å². The monoisotopic (exact) mass is 291 g/mol. The van der Waals surface area contributed by atoms with Crippen LogP contribution in [0.1, 0.15) is 44.9 Å². The van der Waals surface area contributed by atoms with Gasteiger partial charge in [0, 0.05) is 44.4 Å². The van der Waals surface area contributed by atoms with E-state index in [9.17, 15) is 9.90 Å². The molecular formula is C16H25N3O2. The molecule has 1 saturated carbocycles. The number of likely N-dealkylation sites (tertiary alicyclic amines) is 1. The molecule has 1 aliphatic carbocycles. The highest BCUT2D eigenvalue weighted by molar-refractivity contribution is 5.76. The van der Waals surface area contributed by atoms with Crippen molar-refractivity contribution in [2.24, 2.45) is 5.92 Å². The lowest BCUT2D eigenvalue weighted by atomic mass is 9.71. The summed E-state index contributed by atoms with van der Waals surface area (Å²) >= 11 is 0. The first-order chi connectivity index (χ1) is 10.2. The minimum Gasteiger partial charge on any atom is -0.389 e. The van der Waals surface area contributed by atoms with Crippen LogP contribution in [0.2, 0.25) is 0 Å². The first-order valence-corrected chi connectivity index (χ1v) is 8.15. The third-order valence-corrected chi connectivity index (χ3v) is 5.12. The maximum absolute atomic E-state index is 12.3. The summed E-state index contributed by atoms with van der Waals surface area (Å²) in [4.78, 5) is 14.3. The van der Waals surface area contributed by atoms with Crippen LogP contribution in [-0.2, 0) is 11.3 Å². The van der Waals surface area contributed by atoms with E-state index in [0.717, 1.165) is 45.2 Å². The molecular weight excluding hydrogens is 266 g/mol. The highest BCUT2D eigenvalue weighted by Crippen LogP contribution is 2.39. The second-order valence-electron chi connectivity index (χ2n) is 6.51. The van der Waals surface area contributed by atoms with Crippen molar-refractivity contribution in [3.05, 3.63) is 18.5 Å². The predicted octanol–water partition coefficient (Wildman–Crippen LogP) is 1.82. The lowest BCUT2D eigenvalue weighted by Gasteiger charge is -2.47. The largest absolute Gasteiger partial charge is 0.389 e. The molecule has 5 nitrogen and oxygen atoms in total. The molecule has 0 aromatic carbocycles. The molecule has 2 atom stereocenters. The number of carbonyl (C=O) groups is 1. The highest BCUT2D eigenvalue weighted by atomic mass is 16.3. The normalized spacial score (nSPS) is 29.2. The van der Waals surface area contributed by atoms with Crippen LogP contribution in [0.15, 0.2) is 18.5 Å². The van der Waals surface area contributed by atoms with Gasteiger partial charge in [-0.15, -0.1) is 0 Å². The average molecular weight is 291 g/mol. The Morgan fingerprint density at radius 3 is 3.10 bits per heavy atom. The highest BCUT2D eigenvalue weighted by Gasteiger charge is 2.43. The van der Waals surface area contributed by atoms with Crippen LogP contribution in [0.25, 0.3) is 0 Å². The predicted molar refractivity (Wildman–Crippen MR) is 79.6 cm³/mol. The number of aromatic nitrogens is 2. The summed E-state index contributed by atoms with van der Waals surface area (Å²) in [6, 6.07) is 1.90. The molecule has 0 radical (unpaired) electrons. The van der Waals surface area contributed by atoms with Crippen LogP contribution in [0.5, 0.6) is 0 Å². The zero-order valence-corrected chi connectivity index (χ0v) is 12.6. The van der Waals surface area contributed by atoms with Crippen LogP contribution in [0, 0.1) is 5.92 Å². The fraction of sp³-hybridized carbons (Fsp3) is 0.750. The Morgan fingerprint density at radius 1 is 1.38 bits per heavy atom. The van der Waals surface area contributed by atoms with E-state index in [-0.39, 0.29) is 11.8 Å². The first-order valence-electron chi connectivity index (χ1n) is 8.15. The zero-order chi connectivity index (χ0) is 14.7. The summed E-state index contributed by atoms with van der Waals surface area (Å²) in [5, 5.41) is 14.8. The molecule has 5 heteroatoms. The van der Waals surface area contributed by atoms with Gasteiger partial charge in [0.1, 0.15) is 0 Å². The van der Waals surface area contributed by atoms with Gasteiger partial charge in [-0.1, -0.05) is 12.8 Å². The maximum atomic E-state index is 12.3. The fourth-order valence-corrected chi connectivity index (χ4v) is 3.78. The van der Waals surface area contributed by atoms with Gasteiger partial charge in [-0.05, 0) is 31.7 Å². The number of fused-ring (bicyclic) bond motifs is 1. The van der Waals surface area contributed by atoms with Gasteiger partial charge in [0.15, 0.2) is 0 Å². The fourth-order valence-electron chi connectivity index (χ4n) is 3.78. The number of rotatable bonds is 4. The molecule has 21 heavy (non-hydrogen) atoms. The van der Waals surface area contributed by atoms with Gasteiger partial charge in [0.2, 0.25) is 5.91 Å².